The molecule has 0 saturated carbocycles. The van der Waals surface area contributed by atoms with Crippen molar-refractivity contribution in [1.29, 1.82) is 0 Å². The number of aromatic nitrogens is 4. The Labute approximate surface area is 240 Å². The van der Waals surface area contributed by atoms with E-state index in [9.17, 15) is 19.2 Å². The Balaban J connectivity index is 0.000000762. The maximum absolute atomic E-state index is 11.7. The first-order valence-corrected chi connectivity index (χ1v) is 11.3. The van der Waals surface area contributed by atoms with Crippen LogP contribution < -0.4 is 44.4 Å². The van der Waals surface area contributed by atoms with E-state index in [4.69, 9.17) is 46.1 Å². The van der Waals surface area contributed by atoms with Crippen LogP contribution in [0.25, 0.3) is 0 Å². The summed E-state index contributed by atoms with van der Waals surface area (Å²) in [5.41, 5.74) is 25.3. The van der Waals surface area contributed by atoms with Gasteiger partial charge in [0.15, 0.2) is 45.0 Å². The summed E-state index contributed by atoms with van der Waals surface area (Å²) in [5.74, 6) is -1.97. The highest BCUT2D eigenvalue weighted by atomic mass is 35.5. The van der Waals surface area contributed by atoms with Crippen molar-refractivity contribution in [1.82, 2.24) is 41.4 Å². The lowest BCUT2D eigenvalue weighted by Crippen LogP contribution is -2.27. The van der Waals surface area contributed by atoms with Gasteiger partial charge in [-0.1, -0.05) is 23.2 Å². The van der Waals surface area contributed by atoms with Gasteiger partial charge in [0.1, 0.15) is 12.7 Å². The second-order valence-electron chi connectivity index (χ2n) is 6.39. The van der Waals surface area contributed by atoms with Crippen molar-refractivity contribution < 1.29 is 34.1 Å². The Bertz CT molecular complexity index is 1200. The van der Waals surface area contributed by atoms with Gasteiger partial charge in [0, 0.05) is 0 Å². The van der Waals surface area contributed by atoms with Crippen molar-refractivity contribution in [3.8, 4) is 0 Å². The molecule has 0 aliphatic rings. The molecule has 0 atom stereocenters. The van der Waals surface area contributed by atoms with Gasteiger partial charge in [-0.25, -0.2) is 40.4 Å². The molecule has 2 heterocycles. The molecule has 0 bridgehead atoms. The maximum Gasteiger partial charge on any atom is 0.427 e. The van der Waals surface area contributed by atoms with E-state index in [-0.39, 0.29) is 63.7 Å². The highest BCUT2D eigenvalue weighted by molar-refractivity contribution is 6.32. The van der Waals surface area contributed by atoms with Crippen molar-refractivity contribution in [3.05, 3.63) is 21.7 Å². The number of hydrazone groups is 2. The second-order valence-corrected chi connectivity index (χ2v) is 7.11. The van der Waals surface area contributed by atoms with Crippen molar-refractivity contribution in [2.45, 2.75) is 13.8 Å². The number of carbonyl (C=O) groups is 4. The zero-order valence-corrected chi connectivity index (χ0v) is 22.8. The van der Waals surface area contributed by atoms with Gasteiger partial charge in [-0.15, -0.1) is 0 Å². The SMILES string of the molecule is CCOC(=O)NN=CNC(=O)c1nc(Cl)c(N)nc1N.CCOC(=O)NN=CNC(=O)c1nc(Cl)c(N)nc1N.O. The largest absolute Gasteiger partial charge is 0.449 e. The number of rotatable bonds is 8. The van der Waals surface area contributed by atoms with Crippen LogP contribution in [0.4, 0.5) is 32.9 Å². The van der Waals surface area contributed by atoms with Crippen molar-refractivity contribution in [2.75, 3.05) is 36.1 Å². The van der Waals surface area contributed by atoms with E-state index in [1.165, 1.54) is 0 Å². The van der Waals surface area contributed by atoms with E-state index in [0.717, 1.165) is 12.7 Å². The third-order valence-corrected chi connectivity index (χ3v) is 4.18. The van der Waals surface area contributed by atoms with E-state index < -0.39 is 24.0 Å². The number of nitrogen functional groups attached to an aromatic ring is 4. The van der Waals surface area contributed by atoms with Crippen LogP contribution in [0, 0.1) is 0 Å². The van der Waals surface area contributed by atoms with Gasteiger partial charge in [0.2, 0.25) is 0 Å². The average molecular weight is 621 g/mol. The summed E-state index contributed by atoms with van der Waals surface area (Å²) in [4.78, 5) is 59.7. The predicted molar refractivity (Wildman–Crippen MR) is 148 cm³/mol. The molecule has 0 radical (unpaired) electrons. The third kappa shape index (κ3) is 12.4. The molecule has 21 nitrogen and oxygen atoms in total. The standard InChI is InChI=1S/2C9H12ClN7O3.H2O/c2*1-2-20-9(19)17-14-3-13-8(18)4-6(11)16-7(12)5(10)15-4;/h2*3H,2H2,1H3,(H,17,19)(H4,11,12,16)(H,13,14,18);1H2. The molecule has 224 valence electrons. The fourth-order valence-electron chi connectivity index (χ4n) is 2.03. The molecule has 0 aliphatic carbocycles. The van der Waals surface area contributed by atoms with Crippen LogP contribution in [-0.2, 0) is 9.47 Å². The Morgan fingerprint density at radius 1 is 0.707 bits per heavy atom. The number of nitrogens with zero attached hydrogens (tertiary/aromatic N) is 6. The van der Waals surface area contributed by atoms with Crippen molar-refractivity contribution in [2.24, 2.45) is 10.2 Å². The molecule has 2 aromatic rings. The van der Waals surface area contributed by atoms with E-state index in [0.29, 0.717) is 0 Å². The molecule has 0 aromatic carbocycles. The number of hydrogen-bond acceptors (Lipinski definition) is 16. The lowest BCUT2D eigenvalue weighted by molar-refractivity contribution is 0.0965. The summed E-state index contributed by atoms with van der Waals surface area (Å²) in [6.45, 7) is 3.67. The summed E-state index contributed by atoms with van der Waals surface area (Å²) in [6, 6.07) is 0. The molecule has 0 unspecified atom stereocenters. The van der Waals surface area contributed by atoms with Crippen LogP contribution in [0.1, 0.15) is 34.8 Å². The van der Waals surface area contributed by atoms with Gasteiger partial charge in [-0.3, -0.25) is 9.59 Å². The van der Waals surface area contributed by atoms with Crippen LogP contribution in [0.2, 0.25) is 10.3 Å². The summed E-state index contributed by atoms with van der Waals surface area (Å²) in [6.07, 6.45) is 0.329. The van der Waals surface area contributed by atoms with Crippen molar-refractivity contribution >= 4 is 83.2 Å². The minimum atomic E-state index is -0.757. The van der Waals surface area contributed by atoms with Crippen LogP contribution in [-0.4, -0.2) is 75.3 Å². The molecule has 23 heteroatoms. The van der Waals surface area contributed by atoms with Crippen LogP contribution in [0.3, 0.4) is 0 Å². The molecule has 14 N–H and O–H groups in total. The second kappa shape index (κ2) is 18.1. The molecule has 0 aliphatic heterocycles. The zero-order chi connectivity index (χ0) is 30.2. The first-order valence-electron chi connectivity index (χ1n) is 10.6. The van der Waals surface area contributed by atoms with E-state index in [1.807, 2.05) is 10.9 Å². The number of hydrogen-bond donors (Lipinski definition) is 8. The molecule has 2 aromatic heterocycles. The quantitative estimate of drug-likeness (QED) is 0.0955. The summed E-state index contributed by atoms with van der Waals surface area (Å²) in [7, 11) is 0. The van der Waals surface area contributed by atoms with E-state index in [1.54, 1.807) is 13.8 Å². The Kier molecular flexibility index (Phi) is 15.8. The predicted octanol–water partition coefficient (Wildman–Crippen LogP) is -1.40. The van der Waals surface area contributed by atoms with Crippen LogP contribution in [0.15, 0.2) is 10.2 Å². The molecule has 4 amide bonds. The summed E-state index contributed by atoms with van der Waals surface area (Å²) < 4.78 is 9.06. The first kappa shape index (κ1) is 35.7. The third-order valence-electron chi connectivity index (χ3n) is 3.62. The Hall–Kier alpha value is -5.28. The molecule has 0 fully saturated rings. The minimum Gasteiger partial charge on any atom is -0.449 e. The van der Waals surface area contributed by atoms with Gasteiger partial charge in [-0.05, 0) is 13.8 Å². The molecule has 2 rings (SSSR count). The highest BCUT2D eigenvalue weighted by Gasteiger charge is 2.16. The minimum absolute atomic E-state index is 0. The number of nitrogens with two attached hydrogens (primary N) is 4. The normalized spacial score (nSPS) is 10.0. The monoisotopic (exact) mass is 620 g/mol. The van der Waals surface area contributed by atoms with Crippen molar-refractivity contribution in [3.63, 3.8) is 0 Å². The number of anilines is 4. The molecular weight excluding hydrogens is 595 g/mol. The Morgan fingerprint density at radius 2 is 1.05 bits per heavy atom. The lowest BCUT2D eigenvalue weighted by atomic mass is 10.4. The lowest BCUT2D eigenvalue weighted by Gasteiger charge is -2.04. The van der Waals surface area contributed by atoms with Crippen LogP contribution in [0.5, 0.6) is 0 Å². The van der Waals surface area contributed by atoms with Gasteiger partial charge in [0.25, 0.3) is 11.8 Å². The van der Waals surface area contributed by atoms with Gasteiger partial charge in [0.05, 0.1) is 13.2 Å². The topological polar surface area (TPSA) is 347 Å². The molecule has 0 saturated heterocycles. The fourth-order valence-corrected chi connectivity index (χ4v) is 2.29. The van der Waals surface area contributed by atoms with Gasteiger partial charge >= 0.3 is 12.2 Å². The smallest absolute Gasteiger partial charge is 0.427 e. The average Bonchev–Trinajstić information content (AvgIpc) is 2.89. The number of carbonyl (C=O) groups excluding carboxylic acids is 4. The summed E-state index contributed by atoms with van der Waals surface area (Å²) >= 11 is 11.3. The number of nitrogens with one attached hydrogen (secondary N) is 4. The summed E-state index contributed by atoms with van der Waals surface area (Å²) in [5, 5.41) is 10.9. The number of amides is 4. The van der Waals surface area contributed by atoms with Crippen LogP contribution >= 0.6 is 23.2 Å². The maximum atomic E-state index is 11.7. The van der Waals surface area contributed by atoms with Gasteiger partial charge < -0.3 is 48.5 Å². The van der Waals surface area contributed by atoms with E-state index in [2.05, 4.69) is 50.2 Å². The first-order chi connectivity index (χ1) is 18.9. The highest BCUT2D eigenvalue weighted by Crippen LogP contribution is 2.17. The Morgan fingerprint density at radius 3 is 1.37 bits per heavy atom. The van der Waals surface area contributed by atoms with Gasteiger partial charge in [-0.2, -0.15) is 10.2 Å². The molecular formula is C18H26Cl2N14O7. The fraction of sp³-hybridized carbons (Fsp3) is 0.222. The molecule has 41 heavy (non-hydrogen) atoms. The number of ether oxygens (including phenoxy) is 2. The molecule has 0 spiro atoms. The van der Waals surface area contributed by atoms with E-state index >= 15 is 0 Å². The number of halogens is 2. The zero-order valence-electron chi connectivity index (χ0n) is 21.3.